The van der Waals surface area contributed by atoms with E-state index in [1.165, 1.54) is 0 Å². The van der Waals surface area contributed by atoms with Gasteiger partial charge in [0.1, 0.15) is 11.5 Å². The van der Waals surface area contributed by atoms with Crippen LogP contribution in [-0.4, -0.2) is 19.6 Å². The van der Waals surface area contributed by atoms with Crippen LogP contribution in [0.1, 0.15) is 11.1 Å². The van der Waals surface area contributed by atoms with Crippen LogP contribution in [0.2, 0.25) is 0 Å². The zero-order chi connectivity index (χ0) is 17.6. The molecule has 0 unspecified atom stereocenters. The quantitative estimate of drug-likeness (QED) is 0.744. The Bertz CT molecular complexity index is 889. The molecule has 0 bridgehead atoms. The van der Waals surface area contributed by atoms with Crippen LogP contribution in [0.5, 0.6) is 11.5 Å². The van der Waals surface area contributed by atoms with E-state index in [9.17, 15) is 4.79 Å². The molecule has 4 nitrogen and oxygen atoms in total. The Labute approximate surface area is 147 Å². The summed E-state index contributed by atoms with van der Waals surface area (Å²) in [5.74, 6) is 1.43. The maximum absolute atomic E-state index is 12.0. The molecular formula is C21H21NO3. The molecule has 0 fully saturated rings. The van der Waals surface area contributed by atoms with Crippen molar-refractivity contribution in [2.24, 2.45) is 0 Å². The molecule has 3 aromatic carbocycles. The summed E-state index contributed by atoms with van der Waals surface area (Å²) < 4.78 is 10.8. The molecule has 0 aliphatic heterocycles. The van der Waals surface area contributed by atoms with Crippen LogP contribution < -0.4 is 14.8 Å². The molecule has 25 heavy (non-hydrogen) atoms. The first kappa shape index (κ1) is 16.8. The third kappa shape index (κ3) is 4.29. The largest absolute Gasteiger partial charge is 0.497 e. The number of carbonyl (C=O) groups is 1. The molecule has 4 heteroatoms. The van der Waals surface area contributed by atoms with Gasteiger partial charge in [-0.2, -0.15) is 0 Å². The van der Waals surface area contributed by atoms with Crippen molar-refractivity contribution in [3.8, 4) is 11.5 Å². The van der Waals surface area contributed by atoms with E-state index in [4.69, 9.17) is 9.47 Å². The standard InChI is InChI=1S/C21H21NO3/c1-15-5-3-4-6-20(15)25-14-21(23)22-13-16-7-8-18-12-19(24-2)10-9-17(18)11-16/h3-12H,13-14H2,1-2H3,(H,22,23). The van der Waals surface area contributed by atoms with E-state index in [1.54, 1.807) is 7.11 Å². The molecular weight excluding hydrogens is 314 g/mol. The highest BCUT2D eigenvalue weighted by molar-refractivity contribution is 5.84. The number of carbonyl (C=O) groups excluding carboxylic acids is 1. The zero-order valence-corrected chi connectivity index (χ0v) is 14.4. The van der Waals surface area contributed by atoms with Crippen molar-refractivity contribution in [1.82, 2.24) is 5.32 Å². The van der Waals surface area contributed by atoms with Gasteiger partial charge in [0.2, 0.25) is 0 Å². The number of nitrogens with one attached hydrogen (secondary N) is 1. The van der Waals surface area contributed by atoms with E-state index in [2.05, 4.69) is 11.4 Å². The molecule has 0 aliphatic carbocycles. The third-order valence-electron chi connectivity index (χ3n) is 4.05. The maximum atomic E-state index is 12.0. The first-order valence-corrected chi connectivity index (χ1v) is 8.17. The van der Waals surface area contributed by atoms with Crippen LogP contribution in [0, 0.1) is 6.92 Å². The molecule has 0 aromatic heterocycles. The Morgan fingerprint density at radius 1 is 1.00 bits per heavy atom. The van der Waals surface area contributed by atoms with Crippen molar-refractivity contribution in [2.45, 2.75) is 13.5 Å². The first-order valence-electron chi connectivity index (χ1n) is 8.17. The number of ether oxygens (including phenoxy) is 2. The second-order valence-corrected chi connectivity index (χ2v) is 5.88. The molecule has 0 radical (unpaired) electrons. The molecule has 1 N–H and O–H groups in total. The van der Waals surface area contributed by atoms with E-state index in [0.717, 1.165) is 33.4 Å². The summed E-state index contributed by atoms with van der Waals surface area (Å²) in [5.41, 5.74) is 2.06. The van der Waals surface area contributed by atoms with Gasteiger partial charge in [-0.1, -0.05) is 36.4 Å². The van der Waals surface area contributed by atoms with Gasteiger partial charge in [-0.25, -0.2) is 0 Å². The van der Waals surface area contributed by atoms with Gasteiger partial charge >= 0.3 is 0 Å². The Kier molecular flexibility index (Phi) is 5.19. The summed E-state index contributed by atoms with van der Waals surface area (Å²) in [4.78, 5) is 12.0. The lowest BCUT2D eigenvalue weighted by molar-refractivity contribution is -0.123. The Balaban J connectivity index is 1.56. The predicted molar refractivity (Wildman–Crippen MR) is 99.0 cm³/mol. The van der Waals surface area contributed by atoms with Gasteiger partial charge in [0.15, 0.2) is 6.61 Å². The zero-order valence-electron chi connectivity index (χ0n) is 14.4. The first-order chi connectivity index (χ1) is 12.2. The molecule has 3 aromatic rings. The molecule has 0 heterocycles. The van der Waals surface area contributed by atoms with Crippen LogP contribution >= 0.6 is 0 Å². The number of hydrogen-bond donors (Lipinski definition) is 1. The Hall–Kier alpha value is -3.01. The summed E-state index contributed by atoms with van der Waals surface area (Å²) in [6.07, 6.45) is 0. The predicted octanol–water partition coefficient (Wildman–Crippen LogP) is 3.85. The van der Waals surface area contributed by atoms with Crippen molar-refractivity contribution in [1.29, 1.82) is 0 Å². The summed E-state index contributed by atoms with van der Waals surface area (Å²) in [6.45, 7) is 2.44. The summed E-state index contributed by atoms with van der Waals surface area (Å²) in [6, 6.07) is 19.7. The number of rotatable bonds is 6. The minimum Gasteiger partial charge on any atom is -0.497 e. The number of methoxy groups -OCH3 is 1. The Morgan fingerprint density at radius 2 is 1.76 bits per heavy atom. The molecule has 3 rings (SSSR count). The van der Waals surface area contributed by atoms with Gasteiger partial charge in [-0.15, -0.1) is 0 Å². The fourth-order valence-electron chi connectivity index (χ4n) is 2.62. The monoisotopic (exact) mass is 335 g/mol. The van der Waals surface area contributed by atoms with Gasteiger partial charge in [0.25, 0.3) is 5.91 Å². The maximum Gasteiger partial charge on any atom is 0.258 e. The van der Waals surface area contributed by atoms with Crippen LogP contribution in [0.15, 0.2) is 60.7 Å². The number of hydrogen-bond acceptors (Lipinski definition) is 3. The lowest BCUT2D eigenvalue weighted by Gasteiger charge is -2.10. The summed E-state index contributed by atoms with van der Waals surface area (Å²) in [5, 5.41) is 5.11. The van der Waals surface area contributed by atoms with Crippen LogP contribution in [-0.2, 0) is 11.3 Å². The normalized spacial score (nSPS) is 10.5. The van der Waals surface area contributed by atoms with Crippen LogP contribution in [0.4, 0.5) is 0 Å². The number of aryl methyl sites for hydroxylation is 1. The van der Waals surface area contributed by atoms with Gasteiger partial charge in [0, 0.05) is 6.54 Å². The van der Waals surface area contributed by atoms with Gasteiger partial charge in [-0.05, 0) is 53.1 Å². The minimum atomic E-state index is -0.141. The number of fused-ring (bicyclic) bond motifs is 1. The number of para-hydroxylation sites is 1. The number of amides is 1. The molecule has 0 spiro atoms. The highest BCUT2D eigenvalue weighted by Gasteiger charge is 2.05. The molecule has 0 atom stereocenters. The highest BCUT2D eigenvalue weighted by atomic mass is 16.5. The minimum absolute atomic E-state index is 0.00956. The summed E-state index contributed by atoms with van der Waals surface area (Å²) in [7, 11) is 1.66. The van der Waals surface area contributed by atoms with E-state index >= 15 is 0 Å². The van der Waals surface area contributed by atoms with Crippen molar-refractivity contribution in [2.75, 3.05) is 13.7 Å². The van der Waals surface area contributed by atoms with E-state index in [-0.39, 0.29) is 12.5 Å². The topological polar surface area (TPSA) is 47.6 Å². The molecule has 1 amide bonds. The molecule has 0 aliphatic rings. The average Bonchev–Trinajstić information content (AvgIpc) is 2.65. The van der Waals surface area contributed by atoms with Crippen molar-refractivity contribution in [3.05, 3.63) is 71.8 Å². The smallest absolute Gasteiger partial charge is 0.258 e. The second kappa shape index (κ2) is 7.71. The fraction of sp³-hybridized carbons (Fsp3) is 0.190. The SMILES string of the molecule is COc1ccc2cc(CNC(=O)COc3ccccc3C)ccc2c1. The van der Waals surface area contributed by atoms with Crippen molar-refractivity contribution in [3.63, 3.8) is 0 Å². The lowest BCUT2D eigenvalue weighted by atomic mass is 10.1. The van der Waals surface area contributed by atoms with Gasteiger partial charge in [-0.3, -0.25) is 4.79 Å². The average molecular weight is 335 g/mol. The third-order valence-corrected chi connectivity index (χ3v) is 4.05. The van der Waals surface area contributed by atoms with E-state index in [0.29, 0.717) is 6.54 Å². The Morgan fingerprint density at radius 3 is 2.56 bits per heavy atom. The van der Waals surface area contributed by atoms with E-state index < -0.39 is 0 Å². The fourth-order valence-corrected chi connectivity index (χ4v) is 2.62. The van der Waals surface area contributed by atoms with E-state index in [1.807, 2.05) is 61.5 Å². The molecule has 0 saturated heterocycles. The molecule has 0 saturated carbocycles. The molecule has 128 valence electrons. The second-order valence-electron chi connectivity index (χ2n) is 5.88. The van der Waals surface area contributed by atoms with Crippen molar-refractivity contribution < 1.29 is 14.3 Å². The van der Waals surface area contributed by atoms with Crippen molar-refractivity contribution >= 4 is 16.7 Å². The van der Waals surface area contributed by atoms with Gasteiger partial charge in [0.05, 0.1) is 7.11 Å². The highest BCUT2D eigenvalue weighted by Crippen LogP contribution is 2.22. The van der Waals surface area contributed by atoms with Crippen LogP contribution in [0.25, 0.3) is 10.8 Å². The van der Waals surface area contributed by atoms with Crippen LogP contribution in [0.3, 0.4) is 0 Å². The lowest BCUT2D eigenvalue weighted by Crippen LogP contribution is -2.28. The summed E-state index contributed by atoms with van der Waals surface area (Å²) >= 11 is 0. The van der Waals surface area contributed by atoms with Gasteiger partial charge < -0.3 is 14.8 Å². The number of benzene rings is 3.